The molecule has 0 spiro atoms. The monoisotopic (exact) mass is 262 g/mol. The third-order valence-electron chi connectivity index (χ3n) is 2.28. The summed E-state index contributed by atoms with van der Waals surface area (Å²) < 4.78 is 1.05. The molecule has 1 aromatic heterocycles. The van der Waals surface area contributed by atoms with E-state index in [1.54, 1.807) is 0 Å². The molecule has 0 saturated carbocycles. The highest BCUT2D eigenvalue weighted by Gasteiger charge is 2.17. The van der Waals surface area contributed by atoms with E-state index in [1.165, 1.54) is 12.0 Å². The molecule has 0 aromatic carbocycles. The van der Waals surface area contributed by atoms with Crippen molar-refractivity contribution in [2.45, 2.75) is 25.3 Å². The second-order valence-corrected chi connectivity index (χ2v) is 4.11. The number of hydrogen-bond acceptors (Lipinski definition) is 2. The Kier molecular flexibility index (Phi) is 3.71. The van der Waals surface area contributed by atoms with E-state index in [0.717, 1.165) is 23.0 Å². The lowest BCUT2D eigenvalue weighted by atomic mass is 9.93. The fraction of sp³-hybridized carbons (Fsp3) is 0.444. The second kappa shape index (κ2) is 4.40. The van der Waals surface area contributed by atoms with Gasteiger partial charge < -0.3 is 5.73 Å². The van der Waals surface area contributed by atoms with Crippen LogP contribution in [0.4, 0.5) is 0 Å². The molecule has 1 aromatic rings. The zero-order chi connectivity index (χ0) is 8.55. The van der Waals surface area contributed by atoms with Crippen molar-refractivity contribution in [2.24, 2.45) is 5.73 Å². The molecule has 72 valence electrons. The van der Waals surface area contributed by atoms with E-state index in [4.69, 9.17) is 5.73 Å². The van der Waals surface area contributed by atoms with Gasteiger partial charge in [0, 0.05) is 16.7 Å². The van der Waals surface area contributed by atoms with Crippen LogP contribution in [0.5, 0.6) is 0 Å². The Bertz CT molecular complexity index is 304. The van der Waals surface area contributed by atoms with Crippen LogP contribution in [0.3, 0.4) is 0 Å². The molecule has 0 aliphatic heterocycles. The SMILES string of the molecule is Cl.NC1CCCc2cc(Br)cnc21. The standard InChI is InChI=1S/C9H11BrN2.ClH/c10-7-4-6-2-1-3-8(11)9(6)12-5-7;/h4-5,8H,1-3,11H2;1H. The molecule has 13 heavy (non-hydrogen) atoms. The highest BCUT2D eigenvalue weighted by atomic mass is 79.9. The van der Waals surface area contributed by atoms with E-state index in [1.807, 2.05) is 6.20 Å². The fourth-order valence-corrected chi connectivity index (χ4v) is 2.05. The van der Waals surface area contributed by atoms with Gasteiger partial charge in [0.1, 0.15) is 0 Å². The summed E-state index contributed by atoms with van der Waals surface area (Å²) >= 11 is 3.41. The minimum absolute atomic E-state index is 0. The smallest absolute Gasteiger partial charge is 0.0603 e. The summed E-state index contributed by atoms with van der Waals surface area (Å²) in [6.07, 6.45) is 5.20. The third-order valence-corrected chi connectivity index (χ3v) is 2.71. The maximum atomic E-state index is 5.92. The fourth-order valence-electron chi connectivity index (χ4n) is 1.68. The van der Waals surface area contributed by atoms with Crippen LogP contribution in [0.1, 0.15) is 30.1 Å². The first-order chi connectivity index (χ1) is 5.77. The number of halogens is 2. The number of rotatable bonds is 0. The summed E-state index contributed by atoms with van der Waals surface area (Å²) in [7, 11) is 0. The van der Waals surface area contributed by atoms with Crippen LogP contribution in [-0.4, -0.2) is 4.98 Å². The predicted octanol–water partition coefficient (Wildman–Crippen LogP) is 2.60. The van der Waals surface area contributed by atoms with Gasteiger partial charge in [0.2, 0.25) is 0 Å². The van der Waals surface area contributed by atoms with Gasteiger partial charge in [-0.25, -0.2) is 0 Å². The molecule has 1 heterocycles. The normalized spacial score (nSPS) is 20.3. The van der Waals surface area contributed by atoms with Gasteiger partial charge in [-0.15, -0.1) is 12.4 Å². The summed E-state index contributed by atoms with van der Waals surface area (Å²) in [5.41, 5.74) is 8.31. The Balaban J connectivity index is 0.000000845. The summed E-state index contributed by atoms with van der Waals surface area (Å²) in [6.45, 7) is 0. The van der Waals surface area contributed by atoms with Crippen LogP contribution >= 0.6 is 28.3 Å². The molecule has 2 nitrogen and oxygen atoms in total. The number of nitrogens with zero attached hydrogens (tertiary/aromatic N) is 1. The lowest BCUT2D eigenvalue weighted by Gasteiger charge is -2.20. The first kappa shape index (κ1) is 11.0. The van der Waals surface area contributed by atoms with Crippen molar-refractivity contribution in [3.05, 3.63) is 28.0 Å². The molecule has 0 saturated heterocycles. The third kappa shape index (κ3) is 2.22. The maximum Gasteiger partial charge on any atom is 0.0603 e. The van der Waals surface area contributed by atoms with Crippen LogP contribution in [0, 0.1) is 0 Å². The molecule has 0 fully saturated rings. The molecule has 2 N–H and O–H groups in total. The van der Waals surface area contributed by atoms with Gasteiger partial charge in [-0.1, -0.05) is 0 Å². The lowest BCUT2D eigenvalue weighted by Crippen LogP contribution is -2.18. The molecule has 1 unspecified atom stereocenters. The molecule has 0 radical (unpaired) electrons. The van der Waals surface area contributed by atoms with Crippen LogP contribution < -0.4 is 5.73 Å². The molecule has 0 bridgehead atoms. The minimum atomic E-state index is 0. The largest absolute Gasteiger partial charge is 0.323 e. The Morgan fingerprint density at radius 2 is 2.31 bits per heavy atom. The van der Waals surface area contributed by atoms with Crippen molar-refractivity contribution in [1.29, 1.82) is 0 Å². The zero-order valence-corrected chi connectivity index (χ0v) is 9.57. The first-order valence-corrected chi connectivity index (χ1v) is 4.96. The van der Waals surface area contributed by atoms with Crippen LogP contribution in [0.2, 0.25) is 0 Å². The van der Waals surface area contributed by atoms with Crippen molar-refractivity contribution in [1.82, 2.24) is 4.98 Å². The van der Waals surface area contributed by atoms with Crippen LogP contribution in [0.25, 0.3) is 0 Å². The topological polar surface area (TPSA) is 38.9 Å². The van der Waals surface area contributed by atoms with Gasteiger partial charge in [-0.3, -0.25) is 4.98 Å². The Hall–Kier alpha value is -0.120. The predicted molar refractivity (Wildman–Crippen MR) is 59.1 cm³/mol. The van der Waals surface area contributed by atoms with E-state index in [-0.39, 0.29) is 18.4 Å². The van der Waals surface area contributed by atoms with Gasteiger partial charge in [0.25, 0.3) is 0 Å². The summed E-state index contributed by atoms with van der Waals surface area (Å²) in [5.74, 6) is 0. The Morgan fingerprint density at radius 1 is 1.54 bits per heavy atom. The number of hydrogen-bond donors (Lipinski definition) is 1. The summed E-state index contributed by atoms with van der Waals surface area (Å²) in [5, 5.41) is 0. The molecule has 1 aliphatic rings. The molecule has 0 amide bonds. The van der Waals surface area contributed by atoms with Crippen molar-refractivity contribution >= 4 is 28.3 Å². The van der Waals surface area contributed by atoms with Gasteiger partial charge in [0.15, 0.2) is 0 Å². The average Bonchev–Trinajstić information content (AvgIpc) is 2.04. The molecule has 1 atom stereocenters. The molecule has 1 aliphatic carbocycles. The number of nitrogens with two attached hydrogens (primary N) is 1. The molecule has 4 heteroatoms. The zero-order valence-electron chi connectivity index (χ0n) is 7.16. The summed E-state index contributed by atoms with van der Waals surface area (Å²) in [4.78, 5) is 4.33. The Morgan fingerprint density at radius 3 is 3.08 bits per heavy atom. The number of aryl methyl sites for hydroxylation is 1. The number of fused-ring (bicyclic) bond motifs is 1. The van der Waals surface area contributed by atoms with Gasteiger partial charge in [-0.05, 0) is 46.8 Å². The number of pyridine rings is 1. The van der Waals surface area contributed by atoms with Gasteiger partial charge in [-0.2, -0.15) is 0 Å². The van der Waals surface area contributed by atoms with E-state index in [0.29, 0.717) is 0 Å². The van der Waals surface area contributed by atoms with Crippen molar-refractivity contribution in [3.8, 4) is 0 Å². The van der Waals surface area contributed by atoms with Crippen LogP contribution in [0.15, 0.2) is 16.7 Å². The first-order valence-electron chi connectivity index (χ1n) is 4.17. The number of aromatic nitrogens is 1. The second-order valence-electron chi connectivity index (χ2n) is 3.20. The van der Waals surface area contributed by atoms with Gasteiger partial charge in [0.05, 0.1) is 5.69 Å². The van der Waals surface area contributed by atoms with E-state index >= 15 is 0 Å². The maximum absolute atomic E-state index is 5.92. The molecular weight excluding hydrogens is 251 g/mol. The molecular formula is C9H12BrClN2. The van der Waals surface area contributed by atoms with Crippen LogP contribution in [-0.2, 0) is 6.42 Å². The molecule has 2 rings (SSSR count). The lowest BCUT2D eigenvalue weighted by molar-refractivity contribution is 0.553. The summed E-state index contributed by atoms with van der Waals surface area (Å²) in [6, 6.07) is 2.28. The quantitative estimate of drug-likeness (QED) is 0.781. The van der Waals surface area contributed by atoms with E-state index < -0.39 is 0 Å². The van der Waals surface area contributed by atoms with Crippen molar-refractivity contribution in [3.63, 3.8) is 0 Å². The highest BCUT2D eigenvalue weighted by molar-refractivity contribution is 9.10. The van der Waals surface area contributed by atoms with Crippen molar-refractivity contribution < 1.29 is 0 Å². The minimum Gasteiger partial charge on any atom is -0.323 e. The highest BCUT2D eigenvalue weighted by Crippen LogP contribution is 2.27. The van der Waals surface area contributed by atoms with Crippen molar-refractivity contribution in [2.75, 3.05) is 0 Å². The van der Waals surface area contributed by atoms with E-state index in [9.17, 15) is 0 Å². The Labute approximate surface area is 92.5 Å². The average molecular weight is 264 g/mol. The van der Waals surface area contributed by atoms with E-state index in [2.05, 4.69) is 27.0 Å². The van der Waals surface area contributed by atoms with Gasteiger partial charge >= 0.3 is 0 Å².